The molecule has 1 heterocycles. The summed E-state index contributed by atoms with van der Waals surface area (Å²) >= 11 is 1.66. The summed E-state index contributed by atoms with van der Waals surface area (Å²) in [6.07, 6.45) is 5.78. The molecule has 3 N–H and O–H groups in total. The number of thioether (sulfide) groups is 1. The van der Waals surface area contributed by atoms with E-state index in [0.717, 1.165) is 60.4 Å². The zero-order valence-electron chi connectivity index (χ0n) is 22.9. The summed E-state index contributed by atoms with van der Waals surface area (Å²) in [7, 11) is 0. The first-order valence-electron chi connectivity index (χ1n) is 13.7. The predicted octanol–water partition coefficient (Wildman–Crippen LogP) is 6.70. The van der Waals surface area contributed by atoms with E-state index in [2.05, 4.69) is 22.8 Å². The van der Waals surface area contributed by atoms with Gasteiger partial charge in [0.25, 0.3) is 5.91 Å². The highest BCUT2D eigenvalue weighted by Gasteiger charge is 2.34. The maximum absolute atomic E-state index is 13.5. The second kappa shape index (κ2) is 14.5. The van der Waals surface area contributed by atoms with Crippen LogP contribution in [0.4, 0.5) is 20.6 Å². The van der Waals surface area contributed by atoms with Crippen molar-refractivity contribution in [1.29, 1.82) is 0 Å². The van der Waals surface area contributed by atoms with Gasteiger partial charge in [-0.15, -0.1) is 11.8 Å². The van der Waals surface area contributed by atoms with E-state index in [1.54, 1.807) is 34.9 Å². The number of unbranched alkanes of at least 4 members (excludes halogenated alkanes) is 3. The number of carbonyl (C=O) groups is 3. The molecule has 0 fully saturated rings. The number of carboxylic acids is 1. The van der Waals surface area contributed by atoms with E-state index in [-0.39, 0.29) is 22.9 Å². The summed E-state index contributed by atoms with van der Waals surface area (Å²) in [5.74, 6) is -0.857. The molecule has 3 aromatic rings. The highest BCUT2D eigenvalue weighted by atomic mass is 32.2. The monoisotopic (exact) mass is 576 g/mol. The summed E-state index contributed by atoms with van der Waals surface area (Å²) < 4.78 is 13.5. The van der Waals surface area contributed by atoms with Crippen molar-refractivity contribution in [2.75, 3.05) is 22.5 Å². The zero-order valence-corrected chi connectivity index (χ0v) is 23.7. The van der Waals surface area contributed by atoms with Gasteiger partial charge in [-0.05, 0) is 79.1 Å². The average molecular weight is 577 g/mol. The molecule has 10 heteroatoms. The van der Waals surface area contributed by atoms with E-state index >= 15 is 0 Å². The maximum atomic E-state index is 13.5. The Morgan fingerprint density at radius 2 is 1.80 bits per heavy atom. The van der Waals surface area contributed by atoms with Crippen molar-refractivity contribution in [1.82, 2.24) is 5.43 Å². The molecule has 0 radical (unpaired) electrons. The largest absolute Gasteiger partial charge is 0.478 e. The lowest BCUT2D eigenvalue weighted by Gasteiger charge is -2.16. The van der Waals surface area contributed by atoms with E-state index in [0.29, 0.717) is 12.1 Å². The van der Waals surface area contributed by atoms with Gasteiger partial charge in [0.2, 0.25) is 0 Å². The van der Waals surface area contributed by atoms with E-state index in [9.17, 15) is 18.8 Å². The van der Waals surface area contributed by atoms with Gasteiger partial charge >= 0.3 is 12.0 Å². The van der Waals surface area contributed by atoms with Crippen molar-refractivity contribution >= 4 is 46.8 Å². The van der Waals surface area contributed by atoms with Crippen LogP contribution >= 0.6 is 11.8 Å². The topological polar surface area (TPSA) is 111 Å². The van der Waals surface area contributed by atoms with Crippen LogP contribution in [-0.2, 0) is 11.2 Å². The van der Waals surface area contributed by atoms with Crippen LogP contribution in [0, 0.1) is 5.82 Å². The van der Waals surface area contributed by atoms with Crippen molar-refractivity contribution in [3.8, 4) is 0 Å². The van der Waals surface area contributed by atoms with Crippen molar-refractivity contribution in [3.05, 3.63) is 89.2 Å². The summed E-state index contributed by atoms with van der Waals surface area (Å²) in [6.45, 7) is 2.70. The number of carboxylic acid groups (broad SMARTS) is 1. The van der Waals surface area contributed by atoms with Gasteiger partial charge in [-0.3, -0.25) is 4.79 Å². The van der Waals surface area contributed by atoms with E-state index in [1.807, 2.05) is 30.3 Å². The Labute approximate surface area is 243 Å². The highest BCUT2D eigenvalue weighted by molar-refractivity contribution is 7.99. The molecule has 8 nitrogen and oxygen atoms in total. The molecule has 0 atom stereocenters. The van der Waals surface area contributed by atoms with Gasteiger partial charge in [0.15, 0.2) is 5.71 Å². The quantitative estimate of drug-likeness (QED) is 0.119. The van der Waals surface area contributed by atoms with Crippen LogP contribution in [0.1, 0.15) is 60.5 Å². The smallest absolute Gasteiger partial charge is 0.339 e. The number of urea groups is 1. The van der Waals surface area contributed by atoms with Crippen LogP contribution in [-0.4, -0.2) is 41.0 Å². The van der Waals surface area contributed by atoms with Crippen LogP contribution in [0.5, 0.6) is 0 Å². The number of anilines is 2. The first-order chi connectivity index (χ1) is 19.9. The van der Waals surface area contributed by atoms with Crippen molar-refractivity contribution in [2.24, 2.45) is 5.10 Å². The van der Waals surface area contributed by atoms with Gasteiger partial charge in [-0.2, -0.15) is 5.10 Å². The molecular formula is C31H33FN4O4S. The van der Waals surface area contributed by atoms with Crippen molar-refractivity contribution < 1.29 is 23.9 Å². The molecule has 0 aromatic heterocycles. The van der Waals surface area contributed by atoms with E-state index < -0.39 is 17.8 Å². The van der Waals surface area contributed by atoms with Gasteiger partial charge in [0.1, 0.15) is 5.82 Å². The fourth-order valence-electron chi connectivity index (χ4n) is 4.52. The molecule has 0 saturated heterocycles. The second-order valence-corrected chi connectivity index (χ2v) is 10.9. The number of carbonyl (C=O) groups excluding carboxylic acids is 2. The Hall–Kier alpha value is -4.18. The van der Waals surface area contributed by atoms with Gasteiger partial charge in [0.05, 0.1) is 11.3 Å². The minimum atomic E-state index is -0.938. The van der Waals surface area contributed by atoms with Gasteiger partial charge in [-0.1, -0.05) is 44.4 Å². The number of hydrazone groups is 1. The third-order valence-corrected chi connectivity index (χ3v) is 7.71. The molecule has 4 rings (SSSR count). The van der Waals surface area contributed by atoms with Gasteiger partial charge in [0, 0.05) is 22.7 Å². The summed E-state index contributed by atoms with van der Waals surface area (Å²) in [5.41, 5.74) is 5.59. The third kappa shape index (κ3) is 8.17. The number of amides is 3. The molecular weight excluding hydrogens is 543 g/mol. The lowest BCUT2D eigenvalue weighted by atomic mass is 10.1. The van der Waals surface area contributed by atoms with E-state index in [1.165, 1.54) is 18.2 Å². The highest BCUT2D eigenvalue weighted by Crippen LogP contribution is 2.34. The van der Waals surface area contributed by atoms with Gasteiger partial charge in [-0.25, -0.2) is 19.4 Å². The minimum absolute atomic E-state index is 0.158. The van der Waals surface area contributed by atoms with Crippen molar-refractivity contribution in [3.63, 3.8) is 0 Å². The molecule has 0 aliphatic carbocycles. The molecule has 3 amide bonds. The number of rotatable bonds is 13. The van der Waals surface area contributed by atoms with Crippen LogP contribution in [0.3, 0.4) is 0 Å². The number of fused-ring (bicyclic) bond motifs is 1. The fraction of sp³-hybridized carbons (Fsp3) is 0.290. The number of nitrogens with zero attached hydrogens (tertiary/aromatic N) is 2. The molecule has 214 valence electrons. The van der Waals surface area contributed by atoms with Gasteiger partial charge < -0.3 is 15.3 Å². The molecule has 1 aliphatic heterocycles. The molecule has 0 spiro atoms. The fourth-order valence-corrected chi connectivity index (χ4v) is 5.41. The molecule has 41 heavy (non-hydrogen) atoms. The summed E-state index contributed by atoms with van der Waals surface area (Å²) in [5, 5.41) is 15.7. The predicted molar refractivity (Wildman–Crippen MR) is 160 cm³/mol. The molecule has 0 saturated carbocycles. The number of hydrogen-bond donors (Lipinski definition) is 3. The lowest BCUT2D eigenvalue weighted by molar-refractivity contribution is -0.112. The zero-order chi connectivity index (χ0) is 29.2. The molecule has 0 unspecified atom stereocenters. The SMILES string of the molecule is CCCCCCN1C(=O)C(=NNC(=O)Nc2cccc(F)c2)c2cc(SCCCc3ccc(C(=O)O)cc3)ccc21. The Morgan fingerprint density at radius 3 is 2.54 bits per heavy atom. The third-order valence-electron chi connectivity index (χ3n) is 6.63. The minimum Gasteiger partial charge on any atom is -0.478 e. The number of aryl methyl sites for hydroxylation is 1. The average Bonchev–Trinajstić information content (AvgIpc) is 3.22. The lowest BCUT2D eigenvalue weighted by Crippen LogP contribution is -2.33. The molecule has 3 aromatic carbocycles. The molecule has 1 aliphatic rings. The standard InChI is InChI=1S/C31H33FN4O4S/c1-2-3-4-5-17-36-27-16-15-25(41-18-7-8-21-11-13-22(14-12-21)30(38)39)20-26(27)28(29(36)37)34-35-31(40)33-24-10-6-9-23(32)19-24/h6,9-16,19-20H,2-5,7-8,17-18H2,1H3,(H,38,39)(H2,33,35,40). The van der Waals surface area contributed by atoms with Crippen LogP contribution in [0.2, 0.25) is 0 Å². The Bertz CT molecular complexity index is 1430. The number of aromatic carboxylic acids is 1. The van der Waals surface area contributed by atoms with Crippen LogP contribution in [0.15, 0.2) is 76.7 Å². The second-order valence-electron chi connectivity index (χ2n) is 9.69. The first-order valence-corrected chi connectivity index (χ1v) is 14.7. The normalized spacial score (nSPS) is 13.4. The van der Waals surface area contributed by atoms with Crippen LogP contribution in [0.25, 0.3) is 0 Å². The number of benzene rings is 3. The summed E-state index contributed by atoms with van der Waals surface area (Å²) in [4.78, 5) is 39.5. The molecule has 0 bridgehead atoms. The first kappa shape index (κ1) is 29.8. The Balaban J connectivity index is 1.43. The van der Waals surface area contributed by atoms with Crippen LogP contribution < -0.4 is 15.6 Å². The number of hydrogen-bond acceptors (Lipinski definition) is 5. The Kier molecular flexibility index (Phi) is 10.5. The number of halogens is 1. The van der Waals surface area contributed by atoms with Crippen molar-refractivity contribution in [2.45, 2.75) is 50.3 Å². The summed E-state index contributed by atoms with van der Waals surface area (Å²) in [6, 6.07) is 17.6. The van der Waals surface area contributed by atoms with E-state index in [4.69, 9.17) is 5.11 Å². The Morgan fingerprint density at radius 1 is 1.00 bits per heavy atom. The number of nitrogens with one attached hydrogen (secondary N) is 2. The maximum Gasteiger partial charge on any atom is 0.339 e.